The maximum Gasteiger partial charge on any atom is 0.294 e. The molecule has 1 aromatic carbocycles. The number of rotatable bonds is 3. The van der Waals surface area contributed by atoms with Crippen LogP contribution in [0.25, 0.3) is 21.0 Å². The fourth-order valence-electron chi connectivity index (χ4n) is 3.89. The number of nitrogens with zero attached hydrogens (tertiary/aromatic N) is 4. The summed E-state index contributed by atoms with van der Waals surface area (Å²) in [4.78, 5) is 28.6. The Morgan fingerprint density at radius 3 is 2.77 bits per heavy atom. The van der Waals surface area contributed by atoms with E-state index < -0.39 is 5.91 Å². The molecule has 0 aliphatic carbocycles. The van der Waals surface area contributed by atoms with Gasteiger partial charge in [-0.05, 0) is 49.1 Å². The molecule has 1 aliphatic rings. The Bertz CT molecular complexity index is 1260. The normalized spacial score (nSPS) is 14.4. The van der Waals surface area contributed by atoms with Crippen molar-refractivity contribution in [2.75, 3.05) is 29.0 Å². The second-order valence-electron chi connectivity index (χ2n) is 7.62. The van der Waals surface area contributed by atoms with E-state index in [1.165, 1.54) is 17.8 Å². The van der Waals surface area contributed by atoms with Crippen LogP contribution < -0.4 is 16.0 Å². The number of pyridine rings is 1. The number of nitrogens with two attached hydrogens (primary N) is 1. The van der Waals surface area contributed by atoms with Gasteiger partial charge in [0.15, 0.2) is 0 Å². The summed E-state index contributed by atoms with van der Waals surface area (Å²) in [5.74, 6) is 1.35. The lowest BCUT2D eigenvalue weighted by Crippen LogP contribution is -2.30. The Balaban J connectivity index is 1.55. The number of carbonyl (C=O) groups excluding carboxylic acids is 1. The molecule has 3 aromatic heterocycles. The maximum atomic E-state index is 13.0. The largest absolute Gasteiger partial charge is 0.382 e. The zero-order valence-corrected chi connectivity index (χ0v) is 17.5. The molecule has 4 heterocycles. The van der Waals surface area contributed by atoms with Gasteiger partial charge in [-0.2, -0.15) is 0 Å². The monoisotopic (exact) mass is 418 g/mol. The number of benzene rings is 1. The van der Waals surface area contributed by atoms with Crippen molar-refractivity contribution < 1.29 is 4.79 Å². The number of aryl methyl sites for hydroxylation is 1. The number of hydrogen-bond acceptors (Lipinski definition) is 7. The number of amides is 1. The molecule has 5 rings (SSSR count). The molecule has 3 N–H and O–H groups in total. The molecule has 0 atom stereocenters. The highest BCUT2D eigenvalue weighted by atomic mass is 32.1. The summed E-state index contributed by atoms with van der Waals surface area (Å²) in [5, 5.41) is 6.75. The lowest BCUT2D eigenvalue weighted by atomic mass is 10.1. The Labute approximate surface area is 178 Å². The first-order valence-corrected chi connectivity index (χ1v) is 10.9. The number of nitrogens with one attached hydrogen (secondary N) is 1. The Hall–Kier alpha value is -3.26. The SMILES string of the molecule is Cc1ccc2c(NC(=O)c3nc(N)c4sccc4n3)nc(N3CCCCC3)cc2c1. The lowest BCUT2D eigenvalue weighted by molar-refractivity contribution is 0.101. The number of anilines is 3. The van der Waals surface area contributed by atoms with Crippen LogP contribution in [0, 0.1) is 6.92 Å². The first-order valence-electron chi connectivity index (χ1n) is 10.1. The molecule has 1 fully saturated rings. The molecule has 4 aromatic rings. The number of thiophene rings is 1. The molecule has 152 valence electrons. The highest BCUT2D eigenvalue weighted by Gasteiger charge is 2.19. The van der Waals surface area contributed by atoms with E-state index in [1.54, 1.807) is 0 Å². The van der Waals surface area contributed by atoms with Gasteiger partial charge in [-0.1, -0.05) is 23.8 Å². The zero-order valence-electron chi connectivity index (χ0n) is 16.7. The van der Waals surface area contributed by atoms with Crippen LogP contribution in [0.1, 0.15) is 35.4 Å². The van der Waals surface area contributed by atoms with Crippen LogP contribution in [0.5, 0.6) is 0 Å². The minimum absolute atomic E-state index is 0.0452. The zero-order chi connectivity index (χ0) is 20.7. The third kappa shape index (κ3) is 3.43. The van der Waals surface area contributed by atoms with Gasteiger partial charge in [-0.25, -0.2) is 15.0 Å². The maximum absolute atomic E-state index is 13.0. The van der Waals surface area contributed by atoms with Gasteiger partial charge in [0, 0.05) is 18.5 Å². The van der Waals surface area contributed by atoms with Gasteiger partial charge in [-0.15, -0.1) is 11.3 Å². The highest BCUT2D eigenvalue weighted by Crippen LogP contribution is 2.30. The molecule has 8 heteroatoms. The molecule has 1 aliphatic heterocycles. The number of carbonyl (C=O) groups is 1. The van der Waals surface area contributed by atoms with Crippen molar-refractivity contribution >= 4 is 55.7 Å². The molecule has 0 unspecified atom stereocenters. The van der Waals surface area contributed by atoms with E-state index in [1.807, 2.05) is 23.6 Å². The van der Waals surface area contributed by atoms with Crippen LogP contribution in [0.4, 0.5) is 17.5 Å². The van der Waals surface area contributed by atoms with Crippen LogP contribution in [-0.2, 0) is 0 Å². The third-order valence-corrected chi connectivity index (χ3v) is 6.34. The quantitative estimate of drug-likeness (QED) is 0.513. The van der Waals surface area contributed by atoms with Gasteiger partial charge in [0.1, 0.15) is 17.5 Å². The summed E-state index contributed by atoms with van der Waals surface area (Å²) in [6.45, 7) is 4.02. The fraction of sp³-hybridized carbons (Fsp3) is 0.273. The Morgan fingerprint density at radius 1 is 1.10 bits per heavy atom. The van der Waals surface area contributed by atoms with E-state index in [9.17, 15) is 4.79 Å². The van der Waals surface area contributed by atoms with Crippen LogP contribution in [0.3, 0.4) is 0 Å². The minimum atomic E-state index is -0.417. The number of piperidine rings is 1. The van der Waals surface area contributed by atoms with Crippen molar-refractivity contribution in [2.24, 2.45) is 0 Å². The molecular weight excluding hydrogens is 396 g/mol. The molecule has 0 radical (unpaired) electrons. The summed E-state index contributed by atoms with van der Waals surface area (Å²) < 4.78 is 0.790. The summed E-state index contributed by atoms with van der Waals surface area (Å²) >= 11 is 1.46. The molecule has 0 bridgehead atoms. The number of fused-ring (bicyclic) bond motifs is 2. The number of nitrogen functional groups attached to an aromatic ring is 1. The van der Waals surface area contributed by atoms with Crippen molar-refractivity contribution in [1.29, 1.82) is 0 Å². The van der Waals surface area contributed by atoms with Crippen LogP contribution in [0.15, 0.2) is 35.7 Å². The molecule has 1 amide bonds. The predicted octanol–water partition coefficient (Wildman–Crippen LogP) is 4.37. The third-order valence-electron chi connectivity index (χ3n) is 5.42. The Kier molecular flexibility index (Phi) is 4.71. The van der Waals surface area contributed by atoms with Gasteiger partial charge in [0.05, 0.1) is 10.2 Å². The summed E-state index contributed by atoms with van der Waals surface area (Å²) in [7, 11) is 0. The lowest BCUT2D eigenvalue weighted by Gasteiger charge is -2.28. The van der Waals surface area contributed by atoms with Crippen molar-refractivity contribution in [2.45, 2.75) is 26.2 Å². The van der Waals surface area contributed by atoms with Crippen molar-refractivity contribution in [3.05, 3.63) is 47.1 Å². The summed E-state index contributed by atoms with van der Waals surface area (Å²) in [6.07, 6.45) is 3.56. The fourth-order valence-corrected chi connectivity index (χ4v) is 4.63. The minimum Gasteiger partial charge on any atom is -0.382 e. The average Bonchev–Trinajstić information content (AvgIpc) is 3.23. The predicted molar refractivity (Wildman–Crippen MR) is 122 cm³/mol. The molecule has 7 nitrogen and oxygen atoms in total. The summed E-state index contributed by atoms with van der Waals surface area (Å²) in [6, 6.07) is 10.1. The van der Waals surface area contributed by atoms with E-state index in [4.69, 9.17) is 10.7 Å². The number of aromatic nitrogens is 3. The topological polar surface area (TPSA) is 97.0 Å². The van der Waals surface area contributed by atoms with Crippen molar-refractivity contribution in [1.82, 2.24) is 15.0 Å². The van der Waals surface area contributed by atoms with Crippen molar-refractivity contribution in [3.8, 4) is 0 Å². The van der Waals surface area contributed by atoms with Gasteiger partial charge < -0.3 is 16.0 Å². The van der Waals surface area contributed by atoms with Gasteiger partial charge >= 0.3 is 0 Å². The van der Waals surface area contributed by atoms with Gasteiger partial charge in [-0.3, -0.25) is 4.79 Å². The first kappa shape index (κ1) is 18.7. The summed E-state index contributed by atoms with van der Waals surface area (Å²) in [5.41, 5.74) is 7.85. The van der Waals surface area contributed by atoms with Gasteiger partial charge in [0.2, 0.25) is 5.82 Å². The van der Waals surface area contributed by atoms with E-state index in [-0.39, 0.29) is 5.82 Å². The van der Waals surface area contributed by atoms with E-state index in [0.717, 1.165) is 52.8 Å². The standard InChI is InChI=1S/C22H22N6OS/c1-13-5-6-15-14(11-13)12-17(28-8-3-2-4-9-28)25-20(15)27-22(29)21-24-16-7-10-30-18(16)19(23)26-21/h5-7,10-12H,2-4,8-9H2,1H3,(H2,23,24,26)(H,25,27,29). The highest BCUT2D eigenvalue weighted by molar-refractivity contribution is 7.17. The molecular formula is C22H22N6OS. The van der Waals surface area contributed by atoms with Gasteiger partial charge in [0.25, 0.3) is 5.91 Å². The Morgan fingerprint density at radius 2 is 1.93 bits per heavy atom. The molecule has 0 saturated carbocycles. The number of hydrogen-bond donors (Lipinski definition) is 2. The average molecular weight is 419 g/mol. The molecule has 30 heavy (non-hydrogen) atoms. The van der Waals surface area contributed by atoms with E-state index in [0.29, 0.717) is 17.2 Å². The second-order valence-corrected chi connectivity index (χ2v) is 8.54. The van der Waals surface area contributed by atoms with Crippen molar-refractivity contribution in [3.63, 3.8) is 0 Å². The first-order chi connectivity index (χ1) is 14.6. The van der Waals surface area contributed by atoms with Crippen LogP contribution in [0.2, 0.25) is 0 Å². The van der Waals surface area contributed by atoms with Crippen LogP contribution >= 0.6 is 11.3 Å². The van der Waals surface area contributed by atoms with E-state index in [2.05, 4.69) is 39.2 Å². The van der Waals surface area contributed by atoms with E-state index >= 15 is 0 Å². The second kappa shape index (κ2) is 7.53. The smallest absolute Gasteiger partial charge is 0.294 e. The molecule has 1 saturated heterocycles. The van der Waals surface area contributed by atoms with Crippen LogP contribution in [-0.4, -0.2) is 33.9 Å². The molecule has 0 spiro atoms.